The Morgan fingerprint density at radius 2 is 1.27 bits per heavy atom. The zero-order valence-electron chi connectivity index (χ0n) is 27.0. The lowest BCUT2D eigenvalue weighted by Crippen LogP contribution is -2.29. The third kappa shape index (κ3) is 29.9. The van der Waals surface area contributed by atoms with E-state index in [0.29, 0.717) is 12.8 Å². The molecule has 0 heterocycles. The third-order valence-corrected chi connectivity index (χ3v) is 6.90. The molecule has 0 aliphatic heterocycles. The highest BCUT2D eigenvalue weighted by Crippen LogP contribution is 2.43. The molecule has 3 atom stereocenters. The summed E-state index contributed by atoms with van der Waals surface area (Å²) in [6.45, 7) is 1.95. The van der Waals surface area contributed by atoms with Gasteiger partial charge in [-0.15, -0.1) is 0 Å². The van der Waals surface area contributed by atoms with Gasteiger partial charge in [-0.1, -0.05) is 93.2 Å². The van der Waals surface area contributed by atoms with Gasteiger partial charge in [0.15, 0.2) is 6.10 Å². The first kappa shape index (κ1) is 42.4. The number of allylic oxidation sites excluding steroid dienone is 12. The van der Waals surface area contributed by atoms with Gasteiger partial charge < -0.3 is 24.6 Å². The molecule has 0 spiro atoms. The van der Waals surface area contributed by atoms with Crippen LogP contribution in [0.2, 0.25) is 0 Å². The number of carbonyl (C=O) groups excluding carboxylic acids is 2. The average molecular weight is 655 g/mol. The van der Waals surface area contributed by atoms with Gasteiger partial charge in [0, 0.05) is 12.8 Å². The monoisotopic (exact) mass is 654 g/mol. The van der Waals surface area contributed by atoms with Gasteiger partial charge in [-0.25, -0.2) is 4.57 Å². The Morgan fingerprint density at radius 3 is 1.98 bits per heavy atom. The molecule has 0 amide bonds. The number of unbranched alkanes of at least 4 members (excludes halogenated alkanes) is 5. The number of ether oxygens (including phenoxy) is 2. The van der Waals surface area contributed by atoms with Crippen LogP contribution in [0.3, 0.4) is 0 Å². The number of hydrogen-bond donors (Lipinski definition) is 3. The minimum absolute atomic E-state index is 0.127. The molecule has 256 valence electrons. The van der Waals surface area contributed by atoms with Crippen LogP contribution in [0.25, 0.3) is 0 Å². The molecule has 0 bridgehead atoms. The molecule has 0 rings (SSSR count). The van der Waals surface area contributed by atoms with E-state index in [9.17, 15) is 24.2 Å². The van der Waals surface area contributed by atoms with E-state index in [-0.39, 0.29) is 19.4 Å². The molecular weight excluding hydrogens is 599 g/mol. The predicted octanol–water partition coefficient (Wildman–Crippen LogP) is 6.99. The number of hydrogen-bond acceptors (Lipinski definition) is 9. The van der Waals surface area contributed by atoms with Crippen LogP contribution in [0.4, 0.5) is 0 Å². The van der Waals surface area contributed by atoms with Crippen LogP contribution in [-0.4, -0.2) is 65.7 Å². The summed E-state index contributed by atoms with van der Waals surface area (Å²) in [7, 11) is -4.62. The Kier molecular flexibility index (Phi) is 28.4. The van der Waals surface area contributed by atoms with E-state index in [1.165, 1.54) is 0 Å². The second kappa shape index (κ2) is 30.1. The molecule has 0 fully saturated rings. The number of esters is 2. The summed E-state index contributed by atoms with van der Waals surface area (Å²) in [6, 6.07) is 0. The number of rotatable bonds is 28. The number of aliphatic hydroxyl groups excluding tert-OH is 2. The smallest absolute Gasteiger partial charge is 0.462 e. The van der Waals surface area contributed by atoms with Crippen molar-refractivity contribution in [3.63, 3.8) is 0 Å². The maximum Gasteiger partial charge on any atom is 0.472 e. The van der Waals surface area contributed by atoms with E-state index in [1.807, 2.05) is 36.5 Å². The Labute approximate surface area is 269 Å². The first-order valence-electron chi connectivity index (χ1n) is 15.9. The van der Waals surface area contributed by atoms with Gasteiger partial charge in [0.05, 0.1) is 19.8 Å². The highest BCUT2D eigenvalue weighted by atomic mass is 31.2. The molecule has 10 nitrogen and oxygen atoms in total. The zero-order valence-corrected chi connectivity index (χ0v) is 27.9. The van der Waals surface area contributed by atoms with Gasteiger partial charge in [0.25, 0.3) is 0 Å². The Hall–Kier alpha value is -2.59. The quantitative estimate of drug-likeness (QED) is 0.0265. The third-order valence-electron chi connectivity index (χ3n) is 5.95. The van der Waals surface area contributed by atoms with Crippen LogP contribution in [-0.2, 0) is 32.7 Å². The lowest BCUT2D eigenvalue weighted by atomic mass is 10.1. The van der Waals surface area contributed by atoms with Gasteiger partial charge in [0.1, 0.15) is 12.7 Å². The van der Waals surface area contributed by atoms with Crippen LogP contribution >= 0.6 is 7.82 Å². The van der Waals surface area contributed by atoms with Crippen molar-refractivity contribution in [2.75, 3.05) is 26.4 Å². The molecule has 0 aromatic carbocycles. The molecule has 3 N–H and O–H groups in total. The summed E-state index contributed by atoms with van der Waals surface area (Å²) in [5, 5.41) is 18.2. The summed E-state index contributed by atoms with van der Waals surface area (Å²) in [5.41, 5.74) is 0. The minimum atomic E-state index is -4.62. The van der Waals surface area contributed by atoms with Crippen molar-refractivity contribution in [2.24, 2.45) is 0 Å². The lowest BCUT2D eigenvalue weighted by molar-refractivity contribution is -0.161. The molecule has 2 unspecified atom stereocenters. The van der Waals surface area contributed by atoms with Crippen LogP contribution in [0.5, 0.6) is 0 Å². The maximum absolute atomic E-state index is 12.4. The zero-order chi connectivity index (χ0) is 33.4. The van der Waals surface area contributed by atoms with Crippen molar-refractivity contribution in [1.29, 1.82) is 0 Å². The normalized spacial score (nSPS) is 15.2. The van der Waals surface area contributed by atoms with Crippen LogP contribution in [0.1, 0.15) is 90.9 Å². The Morgan fingerprint density at radius 1 is 0.689 bits per heavy atom. The SMILES string of the molecule is CC/C=C/C=C/C=C/C=C/CCCCCC(=O)OC(COC(=O)CCCC/C=C/C/C=C/CC)COP(=O)(O)OC[C@@H](O)CO. The van der Waals surface area contributed by atoms with E-state index in [2.05, 4.69) is 54.8 Å². The fourth-order valence-corrected chi connectivity index (χ4v) is 4.30. The minimum Gasteiger partial charge on any atom is -0.462 e. The largest absolute Gasteiger partial charge is 0.472 e. The van der Waals surface area contributed by atoms with Crippen LogP contribution < -0.4 is 0 Å². The number of aliphatic hydroxyl groups is 2. The molecular formula is C34H55O10P. The van der Waals surface area contributed by atoms with Crippen molar-refractivity contribution in [3.8, 4) is 0 Å². The summed E-state index contributed by atoms with van der Waals surface area (Å²) < 4.78 is 32.3. The first-order valence-corrected chi connectivity index (χ1v) is 17.4. The van der Waals surface area contributed by atoms with E-state index in [4.69, 9.17) is 19.1 Å². The highest BCUT2D eigenvalue weighted by molar-refractivity contribution is 7.47. The van der Waals surface area contributed by atoms with Crippen LogP contribution in [0.15, 0.2) is 72.9 Å². The van der Waals surface area contributed by atoms with Gasteiger partial charge in [-0.05, 0) is 57.8 Å². The lowest BCUT2D eigenvalue weighted by Gasteiger charge is -2.20. The fraction of sp³-hybridized carbons (Fsp3) is 0.588. The van der Waals surface area contributed by atoms with Crippen molar-refractivity contribution < 1.29 is 47.8 Å². The summed E-state index contributed by atoms with van der Waals surface area (Å²) in [4.78, 5) is 34.5. The number of phosphoric acid groups is 1. The maximum atomic E-state index is 12.4. The van der Waals surface area contributed by atoms with E-state index >= 15 is 0 Å². The van der Waals surface area contributed by atoms with E-state index in [0.717, 1.165) is 51.4 Å². The summed E-state index contributed by atoms with van der Waals surface area (Å²) in [6.07, 6.45) is 30.5. The molecule has 11 heteroatoms. The van der Waals surface area contributed by atoms with Gasteiger partial charge >= 0.3 is 19.8 Å². The van der Waals surface area contributed by atoms with Crippen molar-refractivity contribution >= 4 is 19.8 Å². The summed E-state index contributed by atoms with van der Waals surface area (Å²) >= 11 is 0. The second-order valence-electron chi connectivity index (χ2n) is 10.2. The molecule has 0 saturated carbocycles. The van der Waals surface area contributed by atoms with Gasteiger partial charge in [-0.3, -0.25) is 18.6 Å². The molecule has 0 radical (unpaired) electrons. The Bertz CT molecular complexity index is 983. The van der Waals surface area contributed by atoms with Crippen LogP contribution in [0, 0.1) is 0 Å². The van der Waals surface area contributed by atoms with Gasteiger partial charge in [-0.2, -0.15) is 0 Å². The highest BCUT2D eigenvalue weighted by Gasteiger charge is 2.27. The van der Waals surface area contributed by atoms with Gasteiger partial charge in [0.2, 0.25) is 0 Å². The standard InChI is InChI=1S/C34H55O10P/c1-3-5-7-9-11-13-14-15-16-18-20-22-24-26-34(38)44-32(30-43-45(39,40)42-28-31(36)27-35)29-41-33(37)25-23-21-19-17-12-10-8-6-4-2/h5-9,11-17,31-32,35-36H,3-4,10,18-30H2,1-2H3,(H,39,40)/b7-5+,8-6+,11-9+,14-13+,16-15+,17-12+/t31-,32?/m0/s1. The Balaban J connectivity index is 4.61. The molecule has 0 saturated heterocycles. The van der Waals surface area contributed by atoms with Crippen molar-refractivity contribution in [3.05, 3.63) is 72.9 Å². The molecule has 45 heavy (non-hydrogen) atoms. The van der Waals surface area contributed by atoms with Crippen molar-refractivity contribution in [1.82, 2.24) is 0 Å². The number of carbonyl (C=O) groups is 2. The fourth-order valence-electron chi connectivity index (χ4n) is 3.51. The average Bonchev–Trinajstić information content (AvgIpc) is 3.02. The van der Waals surface area contributed by atoms with E-state index < -0.39 is 51.8 Å². The predicted molar refractivity (Wildman–Crippen MR) is 177 cm³/mol. The molecule has 0 aromatic rings. The second-order valence-corrected chi connectivity index (χ2v) is 11.6. The van der Waals surface area contributed by atoms with Crippen molar-refractivity contribution in [2.45, 2.75) is 103 Å². The van der Waals surface area contributed by atoms with E-state index in [1.54, 1.807) is 0 Å². The topological polar surface area (TPSA) is 149 Å². The summed E-state index contributed by atoms with van der Waals surface area (Å²) in [5.74, 6) is -1.03. The molecule has 0 aromatic heterocycles. The number of phosphoric ester groups is 1. The first-order chi connectivity index (χ1) is 21.7. The molecule has 0 aliphatic carbocycles. The molecule has 0 aliphatic rings.